The number of aryl methyl sites for hydroxylation is 1. The molecule has 0 fully saturated rings. The monoisotopic (exact) mass is 413 g/mol. The number of rotatable bonds is 4. The fraction of sp³-hybridized carbons (Fsp3) is 0.556. The number of carbonyl (C=O) groups is 1. The summed E-state index contributed by atoms with van der Waals surface area (Å²) in [6, 6.07) is 1.55. The van der Waals surface area contributed by atoms with Crippen LogP contribution in [-0.2, 0) is 20.3 Å². The van der Waals surface area contributed by atoms with E-state index in [0.29, 0.717) is 11.4 Å². The van der Waals surface area contributed by atoms with E-state index in [2.05, 4.69) is 9.82 Å². The van der Waals surface area contributed by atoms with Gasteiger partial charge in [0.2, 0.25) is 0 Å². The standard InChI is InChI=1S/C18H27N3O4S2/c1-11-14(12(2)21(19-11)17(3,4)5)27(23,24)20-15-13(9-10-26-15)16(22)25-18(6,7)8/h9-10,20H,1-8H3. The molecule has 1 N–H and O–H groups in total. The van der Waals surface area contributed by atoms with Gasteiger partial charge in [0.05, 0.1) is 22.5 Å². The predicted octanol–water partition coefficient (Wildman–Crippen LogP) is 4.07. The van der Waals surface area contributed by atoms with E-state index in [-0.39, 0.29) is 21.0 Å². The van der Waals surface area contributed by atoms with Gasteiger partial charge in [-0.3, -0.25) is 9.40 Å². The number of anilines is 1. The average Bonchev–Trinajstić information content (AvgIpc) is 3.00. The van der Waals surface area contributed by atoms with Crippen molar-refractivity contribution in [2.45, 2.75) is 71.4 Å². The highest BCUT2D eigenvalue weighted by Crippen LogP contribution is 2.31. The Hall–Kier alpha value is -1.87. The van der Waals surface area contributed by atoms with Crippen LogP contribution in [0.5, 0.6) is 0 Å². The van der Waals surface area contributed by atoms with Crippen molar-refractivity contribution < 1.29 is 17.9 Å². The van der Waals surface area contributed by atoms with Gasteiger partial charge in [-0.2, -0.15) is 5.10 Å². The van der Waals surface area contributed by atoms with Crippen molar-refractivity contribution in [1.29, 1.82) is 0 Å². The van der Waals surface area contributed by atoms with E-state index in [1.54, 1.807) is 50.7 Å². The minimum Gasteiger partial charge on any atom is -0.456 e. The van der Waals surface area contributed by atoms with Crippen LogP contribution in [0.4, 0.5) is 5.00 Å². The number of hydrogen-bond acceptors (Lipinski definition) is 6. The SMILES string of the molecule is Cc1nn(C(C)(C)C)c(C)c1S(=O)(=O)Nc1sccc1C(=O)OC(C)(C)C. The van der Waals surface area contributed by atoms with Crippen molar-refractivity contribution in [3.63, 3.8) is 0 Å². The molecule has 2 aromatic heterocycles. The van der Waals surface area contributed by atoms with Crippen LogP contribution in [-0.4, -0.2) is 29.8 Å². The maximum Gasteiger partial charge on any atom is 0.341 e. The maximum atomic E-state index is 13.0. The second-order valence-electron chi connectivity index (χ2n) is 8.35. The largest absolute Gasteiger partial charge is 0.456 e. The lowest BCUT2D eigenvalue weighted by molar-refractivity contribution is 0.00713. The van der Waals surface area contributed by atoms with Gasteiger partial charge in [-0.15, -0.1) is 11.3 Å². The summed E-state index contributed by atoms with van der Waals surface area (Å²) in [5.74, 6) is -0.569. The lowest BCUT2D eigenvalue weighted by Crippen LogP contribution is -2.25. The number of hydrogen-bond donors (Lipinski definition) is 1. The van der Waals surface area contributed by atoms with Crippen molar-refractivity contribution in [2.75, 3.05) is 4.72 Å². The number of nitrogens with one attached hydrogen (secondary N) is 1. The third-order valence-corrected chi connectivity index (χ3v) is 6.20. The van der Waals surface area contributed by atoms with Crippen LogP contribution in [0.3, 0.4) is 0 Å². The first-order valence-corrected chi connectivity index (χ1v) is 10.9. The molecular formula is C18H27N3O4S2. The van der Waals surface area contributed by atoms with Crippen molar-refractivity contribution in [3.8, 4) is 0 Å². The Morgan fingerprint density at radius 2 is 1.78 bits per heavy atom. The van der Waals surface area contributed by atoms with Gasteiger partial charge in [-0.25, -0.2) is 13.2 Å². The normalized spacial score (nSPS) is 12.9. The topological polar surface area (TPSA) is 90.3 Å². The van der Waals surface area contributed by atoms with E-state index in [4.69, 9.17) is 4.74 Å². The first kappa shape index (κ1) is 21.4. The van der Waals surface area contributed by atoms with Gasteiger partial charge in [0.25, 0.3) is 10.0 Å². The Kier molecular flexibility index (Phi) is 5.51. The molecule has 0 aliphatic carbocycles. The van der Waals surface area contributed by atoms with E-state index in [1.165, 1.54) is 0 Å². The summed E-state index contributed by atoms with van der Waals surface area (Å²) in [5.41, 5.74) is 0.119. The van der Waals surface area contributed by atoms with Crippen molar-refractivity contribution in [3.05, 3.63) is 28.4 Å². The van der Waals surface area contributed by atoms with E-state index < -0.39 is 21.6 Å². The van der Waals surface area contributed by atoms with Crippen LogP contribution in [0, 0.1) is 13.8 Å². The van der Waals surface area contributed by atoms with E-state index in [9.17, 15) is 13.2 Å². The van der Waals surface area contributed by atoms with E-state index >= 15 is 0 Å². The minimum atomic E-state index is -3.91. The first-order chi connectivity index (χ1) is 12.1. The molecule has 0 saturated heterocycles. The highest BCUT2D eigenvalue weighted by molar-refractivity contribution is 7.93. The van der Waals surface area contributed by atoms with Crippen LogP contribution in [0.15, 0.2) is 16.3 Å². The third-order valence-electron chi connectivity index (χ3n) is 3.64. The van der Waals surface area contributed by atoms with Crippen molar-refractivity contribution in [1.82, 2.24) is 9.78 Å². The molecule has 9 heteroatoms. The quantitative estimate of drug-likeness (QED) is 0.763. The fourth-order valence-corrected chi connectivity index (χ4v) is 5.23. The van der Waals surface area contributed by atoms with Crippen molar-refractivity contribution >= 4 is 32.3 Å². The molecular weight excluding hydrogens is 386 g/mol. The summed E-state index contributed by atoms with van der Waals surface area (Å²) in [6.45, 7) is 14.5. The first-order valence-electron chi connectivity index (χ1n) is 8.54. The van der Waals surface area contributed by atoms with Crippen molar-refractivity contribution in [2.24, 2.45) is 0 Å². The molecule has 2 rings (SSSR count). The molecule has 2 aromatic rings. The Morgan fingerprint density at radius 1 is 1.19 bits per heavy atom. The minimum absolute atomic E-state index is 0.126. The number of thiophene rings is 1. The van der Waals surface area contributed by atoms with E-state index in [0.717, 1.165) is 11.3 Å². The van der Waals surface area contributed by atoms with Crippen LogP contribution in [0.25, 0.3) is 0 Å². The molecule has 0 amide bonds. The molecule has 0 radical (unpaired) electrons. The highest BCUT2D eigenvalue weighted by atomic mass is 32.2. The molecule has 0 aliphatic heterocycles. The summed E-state index contributed by atoms with van der Waals surface area (Å²) in [4.78, 5) is 12.5. The van der Waals surface area contributed by atoms with Gasteiger partial charge in [-0.1, -0.05) is 0 Å². The Bertz CT molecular complexity index is 958. The van der Waals surface area contributed by atoms with Gasteiger partial charge >= 0.3 is 5.97 Å². The Morgan fingerprint density at radius 3 is 2.26 bits per heavy atom. The van der Waals surface area contributed by atoms with Crippen LogP contribution in [0.2, 0.25) is 0 Å². The second kappa shape index (κ2) is 6.94. The van der Waals surface area contributed by atoms with Crippen LogP contribution < -0.4 is 4.72 Å². The Labute approximate surface area is 164 Å². The summed E-state index contributed by atoms with van der Waals surface area (Å²) in [6.07, 6.45) is 0. The maximum absolute atomic E-state index is 13.0. The van der Waals surface area contributed by atoms with Gasteiger partial charge in [-0.05, 0) is 66.8 Å². The summed E-state index contributed by atoms with van der Waals surface area (Å²) >= 11 is 1.13. The molecule has 0 unspecified atom stereocenters. The zero-order valence-electron chi connectivity index (χ0n) is 17.0. The number of aromatic nitrogens is 2. The molecule has 27 heavy (non-hydrogen) atoms. The molecule has 0 aromatic carbocycles. The van der Waals surface area contributed by atoms with Crippen LogP contribution in [0.1, 0.15) is 63.3 Å². The summed E-state index contributed by atoms with van der Waals surface area (Å²) in [7, 11) is -3.91. The predicted molar refractivity (Wildman–Crippen MR) is 107 cm³/mol. The van der Waals surface area contributed by atoms with Gasteiger partial charge in [0, 0.05) is 0 Å². The zero-order chi connectivity index (χ0) is 20.8. The molecule has 0 saturated carbocycles. The smallest absolute Gasteiger partial charge is 0.341 e. The fourth-order valence-electron chi connectivity index (χ4n) is 2.73. The second-order valence-corrected chi connectivity index (χ2v) is 10.9. The highest BCUT2D eigenvalue weighted by Gasteiger charge is 2.30. The van der Waals surface area contributed by atoms with Gasteiger partial charge in [0.15, 0.2) is 0 Å². The summed E-state index contributed by atoms with van der Waals surface area (Å²) in [5, 5.41) is 6.27. The number of esters is 1. The molecule has 0 atom stereocenters. The molecule has 2 heterocycles. The molecule has 0 aliphatic rings. The molecule has 7 nitrogen and oxygen atoms in total. The number of sulfonamides is 1. The lowest BCUT2D eigenvalue weighted by Gasteiger charge is -2.21. The third kappa shape index (κ3) is 4.70. The lowest BCUT2D eigenvalue weighted by atomic mass is 10.1. The number of carbonyl (C=O) groups excluding carboxylic acids is 1. The zero-order valence-corrected chi connectivity index (χ0v) is 18.6. The molecule has 150 valence electrons. The van der Waals surface area contributed by atoms with Crippen LogP contribution >= 0.6 is 11.3 Å². The number of nitrogens with zero attached hydrogens (tertiary/aromatic N) is 2. The Balaban J connectivity index is 2.41. The molecule has 0 spiro atoms. The van der Waals surface area contributed by atoms with Gasteiger partial charge in [0.1, 0.15) is 15.5 Å². The average molecular weight is 414 g/mol. The van der Waals surface area contributed by atoms with E-state index in [1.807, 2.05) is 20.8 Å². The number of ether oxygens (including phenoxy) is 1. The summed E-state index contributed by atoms with van der Waals surface area (Å²) < 4.78 is 35.6. The molecule has 0 bridgehead atoms. The van der Waals surface area contributed by atoms with Gasteiger partial charge < -0.3 is 4.74 Å².